The van der Waals surface area contributed by atoms with E-state index in [-0.39, 0.29) is 0 Å². The second-order valence-electron chi connectivity index (χ2n) is 16.9. The van der Waals surface area contributed by atoms with Crippen molar-refractivity contribution in [3.05, 3.63) is 249 Å². The van der Waals surface area contributed by atoms with Crippen molar-refractivity contribution in [2.24, 2.45) is 0 Å². The molecule has 12 aromatic rings. The molecule has 5 nitrogen and oxygen atoms in total. The molecule has 3 aromatic heterocycles. The van der Waals surface area contributed by atoms with Gasteiger partial charge in [0, 0.05) is 44.5 Å². The summed E-state index contributed by atoms with van der Waals surface area (Å²) in [7, 11) is 0. The molecule has 0 atom stereocenters. The van der Waals surface area contributed by atoms with Gasteiger partial charge in [-0.15, -0.1) is 0 Å². The van der Waals surface area contributed by atoms with Crippen molar-refractivity contribution in [3.63, 3.8) is 0 Å². The zero-order valence-corrected chi connectivity index (χ0v) is 36.9. The van der Waals surface area contributed by atoms with Gasteiger partial charge in [0.05, 0.1) is 34.2 Å². The van der Waals surface area contributed by atoms with Crippen molar-refractivity contribution >= 4 is 21.5 Å². The van der Waals surface area contributed by atoms with Crippen LogP contribution in [0.5, 0.6) is 0 Å². The van der Waals surface area contributed by atoms with Crippen molar-refractivity contribution in [2.75, 3.05) is 0 Å². The summed E-state index contributed by atoms with van der Waals surface area (Å²) in [5.74, 6) is 1.28. The quantitative estimate of drug-likeness (QED) is 0.145. The molecule has 0 amide bonds. The molecule has 0 aliphatic carbocycles. The first-order valence-electron chi connectivity index (χ1n) is 22.8. The highest BCUT2D eigenvalue weighted by atomic mass is 14.9. The topological polar surface area (TPSA) is 64.5 Å². The lowest BCUT2D eigenvalue weighted by Gasteiger charge is -2.15. The number of nitrogens with zero attached hydrogens (tertiary/aromatic N) is 5. The fourth-order valence-corrected chi connectivity index (χ4v) is 8.92. The number of hydrogen-bond donors (Lipinski definition) is 0. The second-order valence-corrected chi connectivity index (χ2v) is 16.9. The summed E-state index contributed by atoms with van der Waals surface area (Å²) < 4.78 is 0. The van der Waals surface area contributed by atoms with Gasteiger partial charge < -0.3 is 0 Å². The summed E-state index contributed by atoms with van der Waals surface area (Å²) in [6.45, 7) is 0. The van der Waals surface area contributed by atoms with E-state index < -0.39 is 0 Å². The van der Waals surface area contributed by atoms with Crippen molar-refractivity contribution in [1.82, 2.24) is 24.9 Å². The molecule has 3 heterocycles. The van der Waals surface area contributed by atoms with E-state index in [2.05, 4.69) is 176 Å². The van der Waals surface area contributed by atoms with E-state index >= 15 is 0 Å². The Balaban J connectivity index is 1.12. The molecular weight excluding hydrogens is 827 g/mol. The van der Waals surface area contributed by atoms with Gasteiger partial charge in [-0.1, -0.05) is 194 Å². The molecule has 0 bridgehead atoms. The van der Waals surface area contributed by atoms with Gasteiger partial charge in [-0.2, -0.15) is 0 Å². The van der Waals surface area contributed by atoms with Crippen LogP contribution in [0, 0.1) is 0 Å². The summed E-state index contributed by atoms with van der Waals surface area (Å²) in [5, 5.41) is 4.72. The second kappa shape index (κ2) is 17.7. The number of rotatable bonds is 9. The molecule has 0 unspecified atom stereocenters. The van der Waals surface area contributed by atoms with Crippen LogP contribution in [0.4, 0.5) is 0 Å². The van der Waals surface area contributed by atoms with Gasteiger partial charge in [0.2, 0.25) is 0 Å². The Kier molecular flexibility index (Phi) is 10.5. The average molecular weight is 868 g/mol. The van der Waals surface area contributed by atoms with Crippen LogP contribution in [0.15, 0.2) is 249 Å². The van der Waals surface area contributed by atoms with Crippen molar-refractivity contribution in [1.29, 1.82) is 0 Å². The van der Waals surface area contributed by atoms with Crippen LogP contribution in [0.3, 0.4) is 0 Å². The Morgan fingerprint density at radius 1 is 0.162 bits per heavy atom. The molecular formula is C63H41N5. The lowest BCUT2D eigenvalue weighted by Crippen LogP contribution is -1.99. The minimum Gasteiger partial charge on any atom is -0.248 e. The molecule has 12 rings (SSSR count). The average Bonchev–Trinajstić information content (AvgIpc) is 3.43. The third kappa shape index (κ3) is 8.21. The number of pyridine rings is 1. The molecule has 318 valence electrons. The SMILES string of the molecule is c1ccc(-c2cc(-c3cc(-c4cc(-c5ccc6ccccc6c5)cc(-c5ccc6ccccc6c5)n4)cc(-c4cc(-c5ccccc5)nc(-c5ccccc5)n4)c3)nc(-c3ccccc3)n2)cc1. The van der Waals surface area contributed by atoms with Gasteiger partial charge in [-0.05, 0) is 87.3 Å². The van der Waals surface area contributed by atoms with Gasteiger partial charge in [-0.25, -0.2) is 24.9 Å². The zero-order valence-electron chi connectivity index (χ0n) is 36.9. The highest BCUT2D eigenvalue weighted by Gasteiger charge is 2.18. The van der Waals surface area contributed by atoms with Crippen molar-refractivity contribution < 1.29 is 0 Å². The molecule has 0 N–H and O–H groups in total. The minimum absolute atomic E-state index is 0.642. The molecule has 68 heavy (non-hydrogen) atoms. The normalized spacial score (nSPS) is 11.2. The molecule has 9 aromatic carbocycles. The van der Waals surface area contributed by atoms with Crippen LogP contribution in [0.1, 0.15) is 0 Å². The lowest BCUT2D eigenvalue weighted by atomic mass is 9.94. The maximum atomic E-state index is 5.53. The summed E-state index contributed by atoms with van der Waals surface area (Å²) in [5.41, 5.74) is 14.7. The fraction of sp³-hybridized carbons (Fsp3) is 0. The highest BCUT2D eigenvalue weighted by Crippen LogP contribution is 2.38. The van der Waals surface area contributed by atoms with E-state index in [9.17, 15) is 0 Å². The van der Waals surface area contributed by atoms with Crippen LogP contribution < -0.4 is 0 Å². The third-order valence-corrected chi connectivity index (χ3v) is 12.4. The van der Waals surface area contributed by atoms with Crippen LogP contribution in [-0.2, 0) is 0 Å². The van der Waals surface area contributed by atoms with Crippen LogP contribution in [-0.4, -0.2) is 24.9 Å². The summed E-state index contributed by atoms with van der Waals surface area (Å²) in [6, 6.07) is 86.5. The molecule has 0 spiro atoms. The standard InChI is InChI=1S/C63H41N5/c1-5-19-44(20-6-1)58-40-60(67-62(65-58)46-23-9-3-10-24-46)54-35-53(36-55(37-54)61-41-59(45-21-7-2-8-22-45)66-63(68-61)47-25-11-4-12-26-47)57-39-52(50-31-29-42-17-13-15-27-48(42)33-50)38-56(64-57)51-32-30-43-18-14-16-28-49(43)34-51/h1-41H. The molecule has 0 fully saturated rings. The Hall–Kier alpha value is -9.19. The molecule has 0 radical (unpaired) electrons. The monoisotopic (exact) mass is 867 g/mol. The van der Waals surface area contributed by atoms with E-state index in [1.807, 2.05) is 72.8 Å². The fourth-order valence-electron chi connectivity index (χ4n) is 8.92. The Morgan fingerprint density at radius 3 is 0.926 bits per heavy atom. The summed E-state index contributed by atoms with van der Waals surface area (Å²) >= 11 is 0. The first-order valence-corrected chi connectivity index (χ1v) is 22.8. The highest BCUT2D eigenvalue weighted by molar-refractivity contribution is 5.91. The van der Waals surface area contributed by atoms with Gasteiger partial charge in [0.1, 0.15) is 0 Å². The maximum absolute atomic E-state index is 5.53. The number of fused-ring (bicyclic) bond motifs is 2. The predicted octanol–water partition coefficient (Wildman–Crippen LogP) is 16.0. The maximum Gasteiger partial charge on any atom is 0.160 e. The van der Waals surface area contributed by atoms with Crippen LogP contribution in [0.25, 0.3) is 123 Å². The molecule has 0 saturated heterocycles. The number of benzene rings is 9. The molecule has 0 saturated carbocycles. The summed E-state index contributed by atoms with van der Waals surface area (Å²) in [6.07, 6.45) is 0. The van der Waals surface area contributed by atoms with Gasteiger partial charge >= 0.3 is 0 Å². The molecule has 5 heteroatoms. The summed E-state index contributed by atoms with van der Waals surface area (Å²) in [4.78, 5) is 26.5. The van der Waals surface area contributed by atoms with Gasteiger partial charge in [0.25, 0.3) is 0 Å². The largest absolute Gasteiger partial charge is 0.248 e. The zero-order chi connectivity index (χ0) is 45.2. The Morgan fingerprint density at radius 2 is 0.485 bits per heavy atom. The van der Waals surface area contributed by atoms with Gasteiger partial charge in [0.15, 0.2) is 11.6 Å². The smallest absolute Gasteiger partial charge is 0.160 e. The number of aromatic nitrogens is 5. The number of hydrogen-bond acceptors (Lipinski definition) is 5. The van der Waals surface area contributed by atoms with E-state index in [4.69, 9.17) is 24.9 Å². The predicted molar refractivity (Wildman–Crippen MR) is 279 cm³/mol. The van der Waals surface area contributed by atoms with E-state index in [1.165, 1.54) is 16.2 Å². The first-order chi connectivity index (χ1) is 33.6. The van der Waals surface area contributed by atoms with Crippen molar-refractivity contribution in [3.8, 4) is 101 Å². The lowest BCUT2D eigenvalue weighted by molar-refractivity contribution is 1.18. The van der Waals surface area contributed by atoms with E-state index in [0.29, 0.717) is 11.6 Å². The van der Waals surface area contributed by atoms with E-state index in [1.54, 1.807) is 0 Å². The molecule has 0 aliphatic rings. The minimum atomic E-state index is 0.642. The van der Waals surface area contributed by atoms with E-state index in [0.717, 1.165) is 95.2 Å². The molecule has 0 aliphatic heterocycles. The van der Waals surface area contributed by atoms with Gasteiger partial charge in [-0.3, -0.25) is 0 Å². The van der Waals surface area contributed by atoms with Crippen LogP contribution in [0.2, 0.25) is 0 Å². The first kappa shape index (κ1) is 40.3. The van der Waals surface area contributed by atoms with Crippen molar-refractivity contribution in [2.45, 2.75) is 0 Å². The van der Waals surface area contributed by atoms with Crippen LogP contribution >= 0.6 is 0 Å². The Labute approximate surface area is 394 Å². The Bertz CT molecular complexity index is 3420. The third-order valence-electron chi connectivity index (χ3n) is 12.4.